The molecule has 0 atom stereocenters. The number of nitrogens with one attached hydrogen (secondary N) is 1. The minimum Gasteiger partial charge on any atom is -0.381 e. The molecule has 26 heavy (non-hydrogen) atoms. The van der Waals surface area contributed by atoms with Gasteiger partial charge in [-0.1, -0.05) is 24.3 Å². The Balaban J connectivity index is 1.76. The van der Waals surface area contributed by atoms with Crippen LogP contribution >= 0.6 is 0 Å². The number of rotatable bonds is 6. The predicted molar refractivity (Wildman–Crippen MR) is 97.6 cm³/mol. The first-order chi connectivity index (χ1) is 12.6. The zero-order valence-electron chi connectivity index (χ0n) is 15.0. The third kappa shape index (κ3) is 4.29. The van der Waals surface area contributed by atoms with Gasteiger partial charge in [0.2, 0.25) is 0 Å². The van der Waals surface area contributed by atoms with Gasteiger partial charge in [0.25, 0.3) is 5.91 Å². The average Bonchev–Trinajstić information content (AvgIpc) is 2.67. The molecule has 1 N–H and O–H groups in total. The van der Waals surface area contributed by atoms with E-state index in [1.807, 2.05) is 24.3 Å². The van der Waals surface area contributed by atoms with Gasteiger partial charge in [-0.15, -0.1) is 0 Å². The molecule has 5 heteroatoms. The molecule has 1 aliphatic rings. The summed E-state index contributed by atoms with van der Waals surface area (Å²) in [5.41, 5.74) is 2.15. The summed E-state index contributed by atoms with van der Waals surface area (Å²) in [6.45, 7) is 2.13. The number of benzene rings is 2. The van der Waals surface area contributed by atoms with Crippen LogP contribution in [0.3, 0.4) is 0 Å². The molecule has 1 heterocycles. The number of amides is 1. The van der Waals surface area contributed by atoms with Gasteiger partial charge in [0.15, 0.2) is 0 Å². The predicted octanol–water partition coefficient (Wildman–Crippen LogP) is 3.45. The monoisotopic (exact) mass is 357 g/mol. The second-order valence-corrected chi connectivity index (χ2v) is 6.72. The molecule has 0 spiro atoms. The lowest BCUT2D eigenvalue weighted by atomic mass is 9.74. The molecule has 138 valence electrons. The minimum atomic E-state index is -0.305. The van der Waals surface area contributed by atoms with Gasteiger partial charge in [-0.25, -0.2) is 4.39 Å². The summed E-state index contributed by atoms with van der Waals surface area (Å²) in [6, 6.07) is 14.0. The zero-order chi connectivity index (χ0) is 18.4. The quantitative estimate of drug-likeness (QED) is 0.861. The molecule has 1 fully saturated rings. The molecule has 2 aromatic carbocycles. The van der Waals surface area contributed by atoms with Gasteiger partial charge in [-0.05, 0) is 48.2 Å². The normalized spacial score (nSPS) is 16.2. The fourth-order valence-corrected chi connectivity index (χ4v) is 3.47. The fraction of sp³-hybridized carbons (Fsp3) is 0.381. The third-order valence-corrected chi connectivity index (χ3v) is 4.97. The first kappa shape index (κ1) is 18.5. The summed E-state index contributed by atoms with van der Waals surface area (Å²) >= 11 is 0. The van der Waals surface area contributed by atoms with Crippen molar-refractivity contribution in [1.29, 1.82) is 0 Å². The van der Waals surface area contributed by atoms with Crippen LogP contribution in [0.5, 0.6) is 0 Å². The second kappa shape index (κ2) is 8.43. The lowest BCUT2D eigenvalue weighted by Gasteiger charge is -2.38. The molecular formula is C21H24FNO3. The Kier molecular flexibility index (Phi) is 6.01. The van der Waals surface area contributed by atoms with Gasteiger partial charge in [0, 0.05) is 37.8 Å². The Morgan fingerprint density at radius 2 is 1.96 bits per heavy atom. The van der Waals surface area contributed by atoms with E-state index in [1.54, 1.807) is 25.3 Å². The van der Waals surface area contributed by atoms with Crippen LogP contribution < -0.4 is 5.32 Å². The zero-order valence-corrected chi connectivity index (χ0v) is 15.0. The van der Waals surface area contributed by atoms with Gasteiger partial charge < -0.3 is 14.8 Å². The molecule has 2 aromatic rings. The van der Waals surface area contributed by atoms with Gasteiger partial charge in [0.05, 0.1) is 6.61 Å². The van der Waals surface area contributed by atoms with Crippen LogP contribution in [0.4, 0.5) is 4.39 Å². The largest absolute Gasteiger partial charge is 0.381 e. The average molecular weight is 357 g/mol. The summed E-state index contributed by atoms with van der Waals surface area (Å²) in [7, 11) is 1.63. The van der Waals surface area contributed by atoms with Crippen LogP contribution in [-0.4, -0.2) is 32.8 Å². The van der Waals surface area contributed by atoms with Crippen molar-refractivity contribution in [2.45, 2.75) is 24.9 Å². The lowest BCUT2D eigenvalue weighted by Crippen LogP contribution is -2.44. The Morgan fingerprint density at radius 3 is 2.69 bits per heavy atom. The van der Waals surface area contributed by atoms with E-state index < -0.39 is 0 Å². The number of carbonyl (C=O) groups excluding carboxylic acids is 1. The van der Waals surface area contributed by atoms with Gasteiger partial charge in [0.1, 0.15) is 5.82 Å². The van der Waals surface area contributed by atoms with Gasteiger partial charge in [-0.2, -0.15) is 0 Å². The number of carbonyl (C=O) groups is 1. The molecule has 0 radical (unpaired) electrons. The molecule has 0 saturated carbocycles. The summed E-state index contributed by atoms with van der Waals surface area (Å²) in [5, 5.41) is 3.04. The molecule has 3 rings (SSSR count). The smallest absolute Gasteiger partial charge is 0.251 e. The molecule has 1 saturated heterocycles. The van der Waals surface area contributed by atoms with Crippen molar-refractivity contribution >= 4 is 5.91 Å². The highest BCUT2D eigenvalue weighted by atomic mass is 19.1. The summed E-state index contributed by atoms with van der Waals surface area (Å²) in [6.07, 6.45) is 1.50. The Labute approximate surface area is 153 Å². The molecule has 0 aromatic heterocycles. The molecular weight excluding hydrogens is 333 g/mol. The maximum atomic E-state index is 13.7. The molecule has 4 nitrogen and oxygen atoms in total. The Hall–Kier alpha value is -2.24. The number of hydrogen-bond acceptors (Lipinski definition) is 3. The first-order valence-corrected chi connectivity index (χ1v) is 8.83. The molecule has 1 aliphatic heterocycles. The molecule has 1 amide bonds. The number of ether oxygens (including phenoxy) is 2. The van der Waals surface area contributed by atoms with Crippen LogP contribution in [0.25, 0.3) is 0 Å². The van der Waals surface area contributed by atoms with Crippen molar-refractivity contribution in [3.63, 3.8) is 0 Å². The number of methoxy groups -OCH3 is 1. The van der Waals surface area contributed by atoms with Crippen molar-refractivity contribution in [1.82, 2.24) is 5.32 Å². The molecule has 0 aliphatic carbocycles. The lowest BCUT2D eigenvalue weighted by molar-refractivity contribution is 0.0486. The standard InChI is InChI=1S/C21H24FNO3/c1-25-14-16-4-2-5-17(12-16)20(24)23-15-21(8-10-26-11-9-21)18-6-3-7-19(22)13-18/h2-7,12-13H,8-11,14-15H2,1H3,(H,23,24). The van der Waals surface area contributed by atoms with E-state index in [2.05, 4.69) is 5.32 Å². The van der Waals surface area contributed by atoms with Crippen molar-refractivity contribution in [3.8, 4) is 0 Å². The summed E-state index contributed by atoms with van der Waals surface area (Å²) in [5.74, 6) is -0.391. The highest BCUT2D eigenvalue weighted by Crippen LogP contribution is 2.34. The van der Waals surface area contributed by atoms with Crippen LogP contribution in [-0.2, 0) is 21.5 Å². The highest BCUT2D eigenvalue weighted by molar-refractivity contribution is 5.94. The fourth-order valence-electron chi connectivity index (χ4n) is 3.47. The highest BCUT2D eigenvalue weighted by Gasteiger charge is 2.35. The maximum absolute atomic E-state index is 13.7. The van der Waals surface area contributed by atoms with Crippen molar-refractivity contribution in [3.05, 3.63) is 71.0 Å². The minimum absolute atomic E-state index is 0.134. The van der Waals surface area contributed by atoms with Crippen molar-refractivity contribution < 1.29 is 18.7 Å². The van der Waals surface area contributed by atoms with E-state index in [-0.39, 0.29) is 17.1 Å². The Bertz CT molecular complexity index is 756. The first-order valence-electron chi connectivity index (χ1n) is 8.83. The van der Waals surface area contributed by atoms with E-state index in [9.17, 15) is 9.18 Å². The molecule has 0 bridgehead atoms. The van der Waals surface area contributed by atoms with E-state index in [0.29, 0.717) is 31.9 Å². The van der Waals surface area contributed by atoms with E-state index >= 15 is 0 Å². The summed E-state index contributed by atoms with van der Waals surface area (Å²) in [4.78, 5) is 12.6. The SMILES string of the molecule is COCc1cccc(C(=O)NCC2(c3cccc(F)c3)CCOCC2)c1. The second-order valence-electron chi connectivity index (χ2n) is 6.72. The van der Waals surface area contributed by atoms with Crippen LogP contribution in [0.1, 0.15) is 34.3 Å². The number of halogens is 1. The van der Waals surface area contributed by atoms with E-state index in [1.165, 1.54) is 6.07 Å². The van der Waals surface area contributed by atoms with Crippen LogP contribution in [0.2, 0.25) is 0 Å². The van der Waals surface area contributed by atoms with Crippen LogP contribution in [0, 0.1) is 5.82 Å². The topological polar surface area (TPSA) is 47.6 Å². The number of hydrogen-bond donors (Lipinski definition) is 1. The molecule has 0 unspecified atom stereocenters. The van der Waals surface area contributed by atoms with E-state index in [4.69, 9.17) is 9.47 Å². The van der Waals surface area contributed by atoms with E-state index in [0.717, 1.165) is 24.0 Å². The van der Waals surface area contributed by atoms with Gasteiger partial charge in [-0.3, -0.25) is 4.79 Å². The Morgan fingerprint density at radius 1 is 1.19 bits per heavy atom. The third-order valence-electron chi connectivity index (χ3n) is 4.97. The van der Waals surface area contributed by atoms with Crippen LogP contribution in [0.15, 0.2) is 48.5 Å². The van der Waals surface area contributed by atoms with Crippen molar-refractivity contribution in [2.24, 2.45) is 0 Å². The maximum Gasteiger partial charge on any atom is 0.251 e. The summed E-state index contributed by atoms with van der Waals surface area (Å²) < 4.78 is 24.4. The van der Waals surface area contributed by atoms with Gasteiger partial charge >= 0.3 is 0 Å². The van der Waals surface area contributed by atoms with Crippen molar-refractivity contribution in [2.75, 3.05) is 26.9 Å².